The van der Waals surface area contributed by atoms with Crippen LogP contribution in [0.25, 0.3) is 11.0 Å². The molecule has 4 heterocycles. The van der Waals surface area contributed by atoms with E-state index in [0.717, 1.165) is 35.0 Å². The fraction of sp³-hybridized carbons (Fsp3) is 0.583. The highest BCUT2D eigenvalue weighted by atomic mass is 19.4. The topological polar surface area (TPSA) is 69.0 Å². The number of fused-ring (bicyclic) bond motifs is 1. The lowest BCUT2D eigenvalue weighted by Gasteiger charge is -2.37. The Labute approximate surface area is 195 Å². The van der Waals surface area contributed by atoms with Crippen molar-refractivity contribution in [2.24, 2.45) is 5.92 Å². The molecule has 1 atom stereocenters. The van der Waals surface area contributed by atoms with Gasteiger partial charge in [0.1, 0.15) is 6.10 Å². The summed E-state index contributed by atoms with van der Waals surface area (Å²) < 4.78 is 47.6. The molecule has 180 valence electrons. The number of rotatable bonds is 4. The van der Waals surface area contributed by atoms with E-state index in [4.69, 9.17) is 14.7 Å². The molecule has 0 radical (unpaired) electrons. The monoisotopic (exact) mass is 472 g/mol. The Kier molecular flexibility index (Phi) is 5.05. The number of morpholine rings is 1. The summed E-state index contributed by atoms with van der Waals surface area (Å²) in [6, 6.07) is 2.46. The predicted molar refractivity (Wildman–Crippen MR) is 120 cm³/mol. The second-order valence-electron chi connectivity index (χ2n) is 9.87. The van der Waals surface area contributed by atoms with Crippen LogP contribution in [0.3, 0.4) is 0 Å². The Morgan fingerprint density at radius 1 is 1.09 bits per heavy atom. The van der Waals surface area contributed by atoms with Gasteiger partial charge in [0, 0.05) is 35.3 Å². The largest absolute Gasteiger partial charge is 0.391 e. The first kappa shape index (κ1) is 21.8. The van der Waals surface area contributed by atoms with Crippen molar-refractivity contribution < 1.29 is 17.9 Å². The van der Waals surface area contributed by atoms with Crippen molar-refractivity contribution in [1.82, 2.24) is 24.7 Å². The van der Waals surface area contributed by atoms with Crippen molar-refractivity contribution in [2.75, 3.05) is 24.6 Å². The number of pyridine rings is 1. The lowest BCUT2D eigenvalue weighted by atomic mass is 9.72. The second kappa shape index (κ2) is 7.90. The summed E-state index contributed by atoms with van der Waals surface area (Å²) in [6.07, 6.45) is 2.05. The molecule has 3 aromatic rings. The van der Waals surface area contributed by atoms with Crippen LogP contribution in [0.4, 0.5) is 19.1 Å². The first-order valence-corrected chi connectivity index (χ1v) is 11.9. The Hall–Kier alpha value is -2.75. The summed E-state index contributed by atoms with van der Waals surface area (Å²) in [4.78, 5) is 16.3. The zero-order valence-electron chi connectivity index (χ0n) is 19.2. The van der Waals surface area contributed by atoms with E-state index in [9.17, 15) is 13.2 Å². The third-order valence-corrected chi connectivity index (χ3v) is 7.40. The first-order chi connectivity index (χ1) is 16.3. The number of hydrogen-bond donors (Lipinski definition) is 0. The van der Waals surface area contributed by atoms with E-state index >= 15 is 0 Å². The molecule has 0 N–H and O–H groups in total. The third kappa shape index (κ3) is 3.91. The van der Waals surface area contributed by atoms with Gasteiger partial charge in [-0.05, 0) is 51.2 Å². The summed E-state index contributed by atoms with van der Waals surface area (Å²) in [5.41, 5.74) is 4.09. The van der Waals surface area contributed by atoms with Crippen LogP contribution in [0.5, 0.6) is 0 Å². The molecular weight excluding hydrogens is 445 g/mol. The number of ether oxygens (including phenoxy) is 1. The predicted octanol–water partition coefficient (Wildman–Crippen LogP) is 4.81. The molecule has 2 saturated carbocycles. The molecule has 1 saturated heterocycles. The van der Waals surface area contributed by atoms with Gasteiger partial charge >= 0.3 is 6.18 Å². The maximum absolute atomic E-state index is 13.2. The van der Waals surface area contributed by atoms with Gasteiger partial charge in [-0.15, -0.1) is 0 Å². The van der Waals surface area contributed by atoms with Crippen molar-refractivity contribution >= 4 is 17.0 Å². The van der Waals surface area contributed by atoms with Crippen LogP contribution in [-0.2, 0) is 4.74 Å². The van der Waals surface area contributed by atoms with Gasteiger partial charge in [0.05, 0.1) is 37.0 Å². The van der Waals surface area contributed by atoms with Crippen LogP contribution in [0, 0.1) is 19.8 Å². The molecular formula is C24H27F3N6O. The van der Waals surface area contributed by atoms with Gasteiger partial charge in [-0.1, -0.05) is 0 Å². The molecule has 3 aliphatic rings. The summed E-state index contributed by atoms with van der Waals surface area (Å²) in [5.74, 6) is -0.994. The van der Waals surface area contributed by atoms with E-state index in [0.29, 0.717) is 43.0 Å². The van der Waals surface area contributed by atoms with Gasteiger partial charge in [-0.3, -0.25) is 4.68 Å². The summed E-state index contributed by atoms with van der Waals surface area (Å²) >= 11 is 0. The Bertz CT molecular complexity index is 1230. The Balaban J connectivity index is 1.32. The van der Waals surface area contributed by atoms with Crippen LogP contribution >= 0.6 is 0 Å². The van der Waals surface area contributed by atoms with E-state index in [2.05, 4.69) is 21.2 Å². The zero-order chi connectivity index (χ0) is 23.6. The van der Waals surface area contributed by atoms with Crippen LogP contribution in [0.15, 0.2) is 18.5 Å². The van der Waals surface area contributed by atoms with Crippen LogP contribution in [0.1, 0.15) is 66.3 Å². The molecule has 6 rings (SSSR count). The smallest absolute Gasteiger partial charge is 0.370 e. The van der Waals surface area contributed by atoms with Crippen LogP contribution in [0.2, 0.25) is 0 Å². The summed E-state index contributed by atoms with van der Waals surface area (Å²) in [6.45, 7) is 5.55. The maximum Gasteiger partial charge on any atom is 0.391 e. The zero-order valence-corrected chi connectivity index (χ0v) is 19.2. The fourth-order valence-corrected chi connectivity index (χ4v) is 4.91. The van der Waals surface area contributed by atoms with E-state index in [1.54, 1.807) is 0 Å². The minimum absolute atomic E-state index is 0.0636. The van der Waals surface area contributed by atoms with E-state index in [1.807, 2.05) is 30.8 Å². The van der Waals surface area contributed by atoms with Crippen molar-refractivity contribution in [3.05, 3.63) is 41.0 Å². The van der Waals surface area contributed by atoms with Gasteiger partial charge in [-0.25, -0.2) is 9.97 Å². The highest BCUT2D eigenvalue weighted by Gasteiger charge is 2.49. The maximum atomic E-state index is 13.2. The SMILES string of the molecule is Cc1cc2c(nc(N3CCO[C@H](c4cnn(C5CC5)c4)C3)nc2[C@H]2C[C@@H](C(F)(F)F)C2)nc1C. The van der Waals surface area contributed by atoms with Crippen LogP contribution in [-0.4, -0.2) is 50.6 Å². The van der Waals surface area contributed by atoms with Crippen molar-refractivity contribution in [3.63, 3.8) is 0 Å². The average molecular weight is 473 g/mol. The van der Waals surface area contributed by atoms with Gasteiger partial charge in [-0.2, -0.15) is 23.3 Å². The molecule has 0 aromatic carbocycles. The molecule has 1 aliphatic heterocycles. The molecule has 0 spiro atoms. The number of alkyl halides is 3. The Morgan fingerprint density at radius 3 is 2.62 bits per heavy atom. The molecule has 2 aliphatic carbocycles. The quantitative estimate of drug-likeness (QED) is 0.543. The molecule has 3 fully saturated rings. The lowest BCUT2D eigenvalue weighted by molar-refractivity contribution is -0.197. The number of hydrogen-bond acceptors (Lipinski definition) is 6. The second-order valence-corrected chi connectivity index (χ2v) is 9.87. The Morgan fingerprint density at radius 2 is 1.88 bits per heavy atom. The molecule has 3 aromatic heterocycles. The van der Waals surface area contributed by atoms with Crippen LogP contribution < -0.4 is 4.90 Å². The van der Waals surface area contributed by atoms with Gasteiger partial charge in [0.2, 0.25) is 5.95 Å². The average Bonchev–Trinajstić information content (AvgIpc) is 3.49. The summed E-state index contributed by atoms with van der Waals surface area (Å²) in [5, 5.41) is 5.24. The number of aromatic nitrogens is 5. The lowest BCUT2D eigenvalue weighted by Crippen LogP contribution is -2.40. The number of aryl methyl sites for hydroxylation is 2. The van der Waals surface area contributed by atoms with E-state index < -0.39 is 12.1 Å². The number of halogens is 3. The highest BCUT2D eigenvalue weighted by molar-refractivity contribution is 5.80. The van der Waals surface area contributed by atoms with Gasteiger partial charge < -0.3 is 9.64 Å². The van der Waals surface area contributed by atoms with Gasteiger partial charge in [0.25, 0.3) is 0 Å². The molecule has 7 nitrogen and oxygen atoms in total. The van der Waals surface area contributed by atoms with Gasteiger partial charge in [0.15, 0.2) is 5.65 Å². The standard InChI is InChI=1S/C24H27F3N6O/c1-13-7-19-21(15-8-17(9-15)24(25,26)27)30-23(31-22(19)29-14(13)2)32-5-6-34-20(12-32)16-10-28-33(11-16)18-3-4-18/h7,10-11,15,17-18,20H,3-6,8-9,12H2,1-2H3/t15-,17+,20-/m0/s1. The number of anilines is 1. The minimum Gasteiger partial charge on any atom is -0.370 e. The molecule has 10 heteroatoms. The highest BCUT2D eigenvalue weighted by Crippen LogP contribution is 2.50. The molecule has 34 heavy (non-hydrogen) atoms. The van der Waals surface area contributed by atoms with Crippen molar-refractivity contribution in [1.29, 1.82) is 0 Å². The van der Waals surface area contributed by atoms with Crippen molar-refractivity contribution in [2.45, 2.75) is 63.8 Å². The first-order valence-electron chi connectivity index (χ1n) is 11.9. The number of nitrogens with zero attached hydrogens (tertiary/aromatic N) is 6. The van der Waals surface area contributed by atoms with E-state index in [-0.39, 0.29) is 24.9 Å². The van der Waals surface area contributed by atoms with Crippen molar-refractivity contribution in [3.8, 4) is 0 Å². The third-order valence-electron chi connectivity index (χ3n) is 7.40. The normalized spacial score (nSPS) is 25.6. The summed E-state index contributed by atoms with van der Waals surface area (Å²) in [7, 11) is 0. The fourth-order valence-electron chi connectivity index (χ4n) is 4.91. The molecule has 0 amide bonds. The van der Waals surface area contributed by atoms with E-state index in [1.165, 1.54) is 0 Å². The minimum atomic E-state index is -4.16. The molecule has 0 bridgehead atoms. The molecule has 0 unspecified atom stereocenters.